The minimum atomic E-state index is -0.184. The molecule has 0 aliphatic rings. The SMILES string of the molecule is CN(Cc1csc2ccccc12)c1nc2[nH]ncc2c(=O)[nH]1. The van der Waals surface area contributed by atoms with Crippen LogP contribution >= 0.6 is 11.3 Å². The van der Waals surface area contributed by atoms with Gasteiger partial charge in [-0.25, -0.2) is 0 Å². The van der Waals surface area contributed by atoms with Crippen molar-refractivity contribution < 1.29 is 0 Å². The van der Waals surface area contributed by atoms with Crippen molar-refractivity contribution in [3.05, 3.63) is 51.8 Å². The quantitative estimate of drug-likeness (QED) is 0.609. The lowest BCUT2D eigenvalue weighted by Crippen LogP contribution is -2.22. The third kappa shape index (κ3) is 2.06. The van der Waals surface area contributed by atoms with Crippen LogP contribution in [0.4, 0.5) is 5.95 Å². The Hall–Kier alpha value is -2.67. The number of aromatic nitrogens is 4. The molecule has 0 unspecified atom stereocenters. The fraction of sp³-hybridized carbons (Fsp3) is 0.133. The first-order valence-corrected chi connectivity index (χ1v) is 7.70. The lowest BCUT2D eigenvalue weighted by atomic mass is 10.2. The fourth-order valence-corrected chi connectivity index (χ4v) is 3.45. The van der Waals surface area contributed by atoms with Gasteiger partial charge in [-0.1, -0.05) is 18.2 Å². The number of nitrogens with one attached hydrogen (secondary N) is 2. The molecule has 0 radical (unpaired) electrons. The van der Waals surface area contributed by atoms with Crippen LogP contribution in [0.2, 0.25) is 0 Å². The number of fused-ring (bicyclic) bond motifs is 2. The van der Waals surface area contributed by atoms with E-state index < -0.39 is 0 Å². The van der Waals surface area contributed by atoms with Gasteiger partial charge in [0, 0.05) is 18.3 Å². The second-order valence-electron chi connectivity index (χ2n) is 5.13. The van der Waals surface area contributed by atoms with Gasteiger partial charge >= 0.3 is 0 Å². The number of anilines is 1. The summed E-state index contributed by atoms with van der Waals surface area (Å²) in [5.41, 5.74) is 1.53. The number of thiophene rings is 1. The highest BCUT2D eigenvalue weighted by Crippen LogP contribution is 2.27. The highest BCUT2D eigenvalue weighted by molar-refractivity contribution is 7.17. The Morgan fingerprint density at radius 1 is 1.27 bits per heavy atom. The van der Waals surface area contributed by atoms with Gasteiger partial charge in [0.1, 0.15) is 5.39 Å². The van der Waals surface area contributed by atoms with Gasteiger partial charge in [0.2, 0.25) is 5.95 Å². The maximum absolute atomic E-state index is 12.0. The molecule has 0 atom stereocenters. The van der Waals surface area contributed by atoms with Crippen LogP contribution in [0.3, 0.4) is 0 Å². The Labute approximate surface area is 129 Å². The number of H-pyrrole nitrogens is 2. The number of nitrogens with zero attached hydrogens (tertiary/aromatic N) is 3. The first-order valence-electron chi connectivity index (χ1n) is 6.82. The Kier molecular flexibility index (Phi) is 2.93. The summed E-state index contributed by atoms with van der Waals surface area (Å²) >= 11 is 1.72. The fourth-order valence-electron chi connectivity index (χ4n) is 2.50. The zero-order chi connectivity index (χ0) is 15.1. The number of aromatic amines is 2. The second-order valence-corrected chi connectivity index (χ2v) is 6.05. The second kappa shape index (κ2) is 4.96. The van der Waals surface area contributed by atoms with E-state index in [4.69, 9.17) is 0 Å². The highest BCUT2D eigenvalue weighted by atomic mass is 32.1. The van der Waals surface area contributed by atoms with Crippen molar-refractivity contribution in [1.82, 2.24) is 20.2 Å². The predicted octanol–water partition coefficient (Wildman–Crippen LogP) is 2.50. The predicted molar refractivity (Wildman–Crippen MR) is 88.4 cm³/mol. The molecular weight excluding hydrogens is 298 g/mol. The van der Waals surface area contributed by atoms with Gasteiger partial charge in [-0.05, 0) is 22.4 Å². The summed E-state index contributed by atoms with van der Waals surface area (Å²) in [6.07, 6.45) is 1.48. The van der Waals surface area contributed by atoms with Crippen molar-refractivity contribution >= 4 is 38.4 Å². The molecule has 0 amide bonds. The zero-order valence-electron chi connectivity index (χ0n) is 11.8. The third-order valence-electron chi connectivity index (χ3n) is 3.64. The van der Waals surface area contributed by atoms with E-state index in [1.54, 1.807) is 11.3 Å². The molecule has 2 N–H and O–H groups in total. The summed E-state index contributed by atoms with van der Waals surface area (Å²) in [7, 11) is 1.91. The molecule has 0 saturated carbocycles. The van der Waals surface area contributed by atoms with E-state index in [1.807, 2.05) is 24.1 Å². The van der Waals surface area contributed by atoms with E-state index in [-0.39, 0.29) is 5.56 Å². The summed E-state index contributed by atoms with van der Waals surface area (Å²) in [5.74, 6) is 0.525. The van der Waals surface area contributed by atoms with Crippen molar-refractivity contribution in [2.75, 3.05) is 11.9 Å². The van der Waals surface area contributed by atoms with E-state index in [0.29, 0.717) is 23.5 Å². The van der Waals surface area contributed by atoms with Crippen LogP contribution in [-0.4, -0.2) is 27.2 Å². The molecule has 0 spiro atoms. The van der Waals surface area contributed by atoms with Crippen LogP contribution in [0.25, 0.3) is 21.1 Å². The molecule has 110 valence electrons. The smallest absolute Gasteiger partial charge is 0.263 e. The van der Waals surface area contributed by atoms with E-state index in [2.05, 4.69) is 37.7 Å². The summed E-state index contributed by atoms with van der Waals surface area (Å²) in [6, 6.07) is 8.30. The summed E-state index contributed by atoms with van der Waals surface area (Å²) in [4.78, 5) is 21.1. The largest absolute Gasteiger partial charge is 0.341 e. The van der Waals surface area contributed by atoms with Crippen LogP contribution in [-0.2, 0) is 6.54 Å². The minimum Gasteiger partial charge on any atom is -0.341 e. The molecule has 4 aromatic rings. The van der Waals surface area contributed by atoms with E-state index >= 15 is 0 Å². The Morgan fingerprint density at radius 2 is 2.14 bits per heavy atom. The van der Waals surface area contributed by atoms with Crippen LogP contribution < -0.4 is 10.5 Å². The molecule has 6 nitrogen and oxygen atoms in total. The number of hydrogen-bond donors (Lipinski definition) is 2. The van der Waals surface area contributed by atoms with E-state index in [1.165, 1.54) is 21.8 Å². The molecule has 3 heterocycles. The lowest BCUT2D eigenvalue weighted by molar-refractivity contribution is 0.873. The molecule has 0 aliphatic heterocycles. The van der Waals surface area contributed by atoms with E-state index in [0.717, 1.165) is 0 Å². The number of rotatable bonds is 3. The Morgan fingerprint density at radius 3 is 3.05 bits per heavy atom. The first-order chi connectivity index (χ1) is 10.7. The lowest BCUT2D eigenvalue weighted by Gasteiger charge is -2.17. The molecule has 4 rings (SSSR count). The van der Waals surface area contributed by atoms with Crippen LogP contribution in [0.15, 0.2) is 40.6 Å². The Bertz CT molecular complexity index is 1020. The molecular formula is C15H13N5OS. The van der Waals surface area contributed by atoms with Crippen LogP contribution in [0.1, 0.15) is 5.56 Å². The minimum absolute atomic E-state index is 0.184. The standard InChI is InChI=1S/C15H13N5OS/c1-20(7-9-8-22-12-5-3-2-4-10(9)12)15-17-13-11(6-16-19-13)14(21)18-15/h2-6,8H,7H2,1H3,(H2,16,17,18,19,21). The Balaban J connectivity index is 1.71. The third-order valence-corrected chi connectivity index (χ3v) is 4.65. The maximum Gasteiger partial charge on any atom is 0.263 e. The van der Waals surface area contributed by atoms with Gasteiger partial charge in [0.15, 0.2) is 5.65 Å². The highest BCUT2D eigenvalue weighted by Gasteiger charge is 2.11. The van der Waals surface area contributed by atoms with Gasteiger partial charge in [-0.15, -0.1) is 11.3 Å². The van der Waals surface area contributed by atoms with Gasteiger partial charge in [0.05, 0.1) is 6.20 Å². The average Bonchev–Trinajstić information content (AvgIpc) is 3.15. The van der Waals surface area contributed by atoms with Crippen LogP contribution in [0.5, 0.6) is 0 Å². The normalized spacial score (nSPS) is 11.3. The molecule has 3 aromatic heterocycles. The summed E-state index contributed by atoms with van der Waals surface area (Å²) < 4.78 is 1.26. The van der Waals surface area contributed by atoms with Gasteiger partial charge in [0.25, 0.3) is 5.56 Å². The van der Waals surface area contributed by atoms with Crippen molar-refractivity contribution in [2.24, 2.45) is 0 Å². The molecule has 0 fully saturated rings. The van der Waals surface area contributed by atoms with Crippen molar-refractivity contribution in [3.63, 3.8) is 0 Å². The molecule has 7 heteroatoms. The number of hydrogen-bond acceptors (Lipinski definition) is 5. The summed E-state index contributed by atoms with van der Waals surface area (Å²) in [5, 5.41) is 10.5. The van der Waals surface area contributed by atoms with Gasteiger partial charge in [-0.3, -0.25) is 14.9 Å². The number of benzene rings is 1. The van der Waals surface area contributed by atoms with Crippen molar-refractivity contribution in [2.45, 2.75) is 6.54 Å². The van der Waals surface area contributed by atoms with Crippen molar-refractivity contribution in [3.8, 4) is 0 Å². The van der Waals surface area contributed by atoms with Gasteiger partial charge < -0.3 is 4.90 Å². The van der Waals surface area contributed by atoms with E-state index in [9.17, 15) is 4.79 Å². The topological polar surface area (TPSA) is 77.7 Å². The molecule has 0 aliphatic carbocycles. The first kappa shape index (κ1) is 13.0. The molecule has 0 saturated heterocycles. The maximum atomic E-state index is 12.0. The van der Waals surface area contributed by atoms with Crippen LogP contribution in [0, 0.1) is 0 Å². The molecule has 22 heavy (non-hydrogen) atoms. The molecule has 1 aromatic carbocycles. The van der Waals surface area contributed by atoms with Crippen molar-refractivity contribution in [1.29, 1.82) is 0 Å². The summed E-state index contributed by atoms with van der Waals surface area (Å²) in [6.45, 7) is 0.673. The average molecular weight is 311 g/mol. The molecule has 0 bridgehead atoms. The monoisotopic (exact) mass is 311 g/mol. The van der Waals surface area contributed by atoms with Gasteiger partial charge in [-0.2, -0.15) is 10.1 Å². The zero-order valence-corrected chi connectivity index (χ0v) is 12.6.